The van der Waals surface area contributed by atoms with Gasteiger partial charge in [-0.1, -0.05) is 12.1 Å². The molecule has 1 atom stereocenters. The maximum atomic E-state index is 10.7. The molecule has 162 valence electrons. The SMILES string of the molecule is CC(C)(O)C12CC(C1)N(c1cc(-n3ncc4ccc([C@@]5(C#N)CC56CC6)cc43)ncn1)C2. The highest BCUT2D eigenvalue weighted by molar-refractivity contribution is 5.82. The number of benzene rings is 1. The van der Waals surface area contributed by atoms with Crippen LogP contribution in [0.25, 0.3) is 16.7 Å². The summed E-state index contributed by atoms with van der Waals surface area (Å²) >= 11 is 0. The number of aliphatic hydroxyl groups is 1. The predicted octanol–water partition coefficient (Wildman–Crippen LogP) is 3.50. The van der Waals surface area contributed by atoms with E-state index >= 15 is 0 Å². The first-order valence-electron chi connectivity index (χ1n) is 11.5. The normalized spacial score (nSPS) is 31.6. The van der Waals surface area contributed by atoms with Crippen LogP contribution in [0.5, 0.6) is 0 Å². The molecule has 1 N–H and O–H groups in total. The Hall–Kier alpha value is -2.98. The highest BCUT2D eigenvalue weighted by Gasteiger charge is 2.75. The Labute approximate surface area is 186 Å². The largest absolute Gasteiger partial charge is 0.390 e. The van der Waals surface area contributed by atoms with E-state index in [1.807, 2.05) is 30.8 Å². The molecule has 7 heteroatoms. The van der Waals surface area contributed by atoms with E-state index in [4.69, 9.17) is 0 Å². The standard InChI is InChI=1S/C25H26N6O/c1-22(2,32)24-9-18(10-24)30(14-24)20-8-21(28-15-27-20)31-19-7-17(4-3-16(19)11-29-31)25(13-26)12-23(25)5-6-23/h3-4,7-8,11,15,18,32H,5-6,9-10,12,14H2,1-2H3/t18?,24?,25-/m0/s1. The molecule has 3 aliphatic carbocycles. The van der Waals surface area contributed by atoms with Crippen LogP contribution in [0.4, 0.5) is 5.82 Å². The molecule has 7 nitrogen and oxygen atoms in total. The highest BCUT2D eigenvalue weighted by atomic mass is 16.3. The van der Waals surface area contributed by atoms with Crippen molar-refractivity contribution in [2.45, 2.75) is 63.0 Å². The summed E-state index contributed by atoms with van der Waals surface area (Å²) < 4.78 is 1.86. The predicted molar refractivity (Wildman–Crippen MR) is 119 cm³/mol. The van der Waals surface area contributed by atoms with E-state index in [0.717, 1.165) is 66.8 Å². The topological polar surface area (TPSA) is 90.9 Å². The van der Waals surface area contributed by atoms with Gasteiger partial charge in [0.2, 0.25) is 0 Å². The van der Waals surface area contributed by atoms with Crippen LogP contribution in [0, 0.1) is 22.2 Å². The van der Waals surface area contributed by atoms with Gasteiger partial charge in [0.1, 0.15) is 12.1 Å². The number of fused-ring (bicyclic) bond motifs is 2. The van der Waals surface area contributed by atoms with E-state index in [0.29, 0.717) is 6.04 Å². The first-order chi connectivity index (χ1) is 15.3. The fourth-order valence-electron chi connectivity index (χ4n) is 6.53. The number of hydrogen-bond donors (Lipinski definition) is 1. The van der Waals surface area contributed by atoms with Crippen LogP contribution in [0.3, 0.4) is 0 Å². The Morgan fingerprint density at radius 1 is 1.16 bits per heavy atom. The van der Waals surface area contributed by atoms with E-state index in [2.05, 4.69) is 44.2 Å². The van der Waals surface area contributed by atoms with Gasteiger partial charge in [0.25, 0.3) is 0 Å². The molecule has 0 amide bonds. The molecule has 0 radical (unpaired) electrons. The van der Waals surface area contributed by atoms with Gasteiger partial charge < -0.3 is 10.0 Å². The Balaban J connectivity index is 1.26. The zero-order valence-electron chi connectivity index (χ0n) is 18.4. The number of nitrogens with zero attached hydrogens (tertiary/aromatic N) is 6. The van der Waals surface area contributed by atoms with Gasteiger partial charge in [-0.15, -0.1) is 0 Å². The average Bonchev–Trinajstić information content (AvgIpc) is 3.44. The van der Waals surface area contributed by atoms with Gasteiger partial charge >= 0.3 is 0 Å². The molecule has 32 heavy (non-hydrogen) atoms. The number of nitriles is 1. The Kier molecular flexibility index (Phi) is 3.19. The third-order valence-electron chi connectivity index (χ3n) is 9.11. The van der Waals surface area contributed by atoms with Crippen molar-refractivity contribution in [3.63, 3.8) is 0 Å². The van der Waals surface area contributed by atoms with Crippen molar-refractivity contribution in [1.82, 2.24) is 19.7 Å². The maximum absolute atomic E-state index is 10.7. The molecule has 2 saturated heterocycles. The molecule has 4 heterocycles. The Morgan fingerprint density at radius 3 is 2.59 bits per heavy atom. The number of rotatable bonds is 4. The maximum Gasteiger partial charge on any atom is 0.159 e. The van der Waals surface area contributed by atoms with Gasteiger partial charge in [0.15, 0.2) is 5.82 Å². The van der Waals surface area contributed by atoms with Crippen LogP contribution in [-0.2, 0) is 5.41 Å². The lowest BCUT2D eigenvalue weighted by Crippen LogP contribution is -2.50. The third-order valence-corrected chi connectivity index (χ3v) is 9.11. The first kappa shape index (κ1) is 18.6. The van der Waals surface area contributed by atoms with E-state index < -0.39 is 5.60 Å². The lowest BCUT2D eigenvalue weighted by atomic mass is 9.61. The van der Waals surface area contributed by atoms with Crippen LogP contribution in [0.1, 0.15) is 51.5 Å². The quantitative estimate of drug-likeness (QED) is 0.687. The number of aromatic nitrogens is 4. The van der Waals surface area contributed by atoms with Gasteiger partial charge in [0, 0.05) is 29.5 Å². The van der Waals surface area contributed by atoms with Gasteiger partial charge in [-0.3, -0.25) is 0 Å². The molecule has 3 saturated carbocycles. The summed E-state index contributed by atoms with van der Waals surface area (Å²) in [5.74, 6) is 1.61. The van der Waals surface area contributed by atoms with E-state index in [1.54, 1.807) is 6.33 Å². The van der Waals surface area contributed by atoms with Crippen molar-refractivity contribution < 1.29 is 5.11 Å². The summed E-state index contributed by atoms with van der Waals surface area (Å²) in [5.41, 5.74) is 1.24. The molecular weight excluding hydrogens is 400 g/mol. The number of anilines is 1. The van der Waals surface area contributed by atoms with E-state index in [-0.39, 0.29) is 16.2 Å². The summed E-state index contributed by atoms with van der Waals surface area (Å²) in [5, 5.41) is 26.3. The minimum Gasteiger partial charge on any atom is -0.390 e. The van der Waals surface area contributed by atoms with Crippen molar-refractivity contribution in [1.29, 1.82) is 5.26 Å². The molecule has 1 aromatic carbocycles. The van der Waals surface area contributed by atoms with Crippen molar-refractivity contribution in [2.75, 3.05) is 11.4 Å². The minimum atomic E-state index is -0.693. The molecule has 2 aromatic heterocycles. The zero-order chi connectivity index (χ0) is 21.9. The van der Waals surface area contributed by atoms with Crippen LogP contribution in [-0.4, -0.2) is 43.0 Å². The van der Waals surface area contributed by atoms with Crippen molar-refractivity contribution in [2.24, 2.45) is 10.8 Å². The first-order valence-corrected chi connectivity index (χ1v) is 11.5. The summed E-state index contributed by atoms with van der Waals surface area (Å²) in [6.07, 6.45) is 8.77. The van der Waals surface area contributed by atoms with Gasteiger partial charge in [0.05, 0.1) is 28.8 Å². The molecular formula is C25H26N6O. The van der Waals surface area contributed by atoms with E-state index in [9.17, 15) is 10.4 Å². The smallest absolute Gasteiger partial charge is 0.159 e. The second-order valence-electron chi connectivity index (χ2n) is 11.1. The number of hydrogen-bond acceptors (Lipinski definition) is 6. The fraction of sp³-hybridized carbons (Fsp3) is 0.520. The van der Waals surface area contributed by atoms with Crippen LogP contribution < -0.4 is 4.90 Å². The summed E-state index contributed by atoms with van der Waals surface area (Å²) in [7, 11) is 0. The monoisotopic (exact) mass is 426 g/mol. The van der Waals surface area contributed by atoms with Crippen molar-refractivity contribution in [3.05, 3.63) is 42.4 Å². The Morgan fingerprint density at radius 2 is 1.94 bits per heavy atom. The highest BCUT2D eigenvalue weighted by Crippen LogP contribution is 2.78. The van der Waals surface area contributed by atoms with E-state index in [1.165, 1.54) is 0 Å². The molecule has 5 aliphatic rings. The third kappa shape index (κ3) is 2.16. The molecule has 2 bridgehead atoms. The molecule has 8 rings (SSSR count). The van der Waals surface area contributed by atoms with Gasteiger partial charge in [-0.05, 0) is 63.0 Å². The zero-order valence-corrected chi connectivity index (χ0v) is 18.4. The summed E-state index contributed by atoms with van der Waals surface area (Å²) in [6.45, 7) is 4.66. The fourth-order valence-corrected chi connectivity index (χ4v) is 6.53. The Bertz CT molecular complexity index is 1320. The molecule has 2 aliphatic heterocycles. The van der Waals surface area contributed by atoms with Crippen LogP contribution in [0.15, 0.2) is 36.8 Å². The van der Waals surface area contributed by atoms with Crippen molar-refractivity contribution in [3.8, 4) is 11.9 Å². The second kappa shape index (κ2) is 5.49. The molecule has 5 fully saturated rings. The van der Waals surface area contributed by atoms with Crippen LogP contribution in [0.2, 0.25) is 0 Å². The second-order valence-corrected chi connectivity index (χ2v) is 11.1. The van der Waals surface area contributed by atoms with Crippen LogP contribution >= 0.6 is 0 Å². The summed E-state index contributed by atoms with van der Waals surface area (Å²) in [4.78, 5) is 11.4. The van der Waals surface area contributed by atoms with Crippen molar-refractivity contribution >= 4 is 16.7 Å². The molecule has 1 spiro atoms. The molecule has 0 unspecified atom stereocenters. The average molecular weight is 427 g/mol. The van der Waals surface area contributed by atoms with Gasteiger partial charge in [-0.2, -0.15) is 10.4 Å². The molecule has 3 aromatic rings. The lowest BCUT2D eigenvalue weighted by Gasteiger charge is -2.45. The lowest BCUT2D eigenvalue weighted by molar-refractivity contribution is -0.0754. The minimum absolute atomic E-state index is 0.0509. The summed E-state index contributed by atoms with van der Waals surface area (Å²) in [6, 6.07) is 11.4. The van der Waals surface area contributed by atoms with Gasteiger partial charge in [-0.25, -0.2) is 14.6 Å².